The number of benzene rings is 1. The maximum atomic E-state index is 15.7. The van der Waals surface area contributed by atoms with E-state index >= 15 is 8.78 Å². The Bertz CT molecular complexity index is 1000. The van der Waals surface area contributed by atoms with Crippen LogP contribution < -0.4 is 4.74 Å². The molecule has 186 valence electrons. The Labute approximate surface area is 199 Å². The monoisotopic (exact) mass is 476 g/mol. The second-order valence-electron chi connectivity index (χ2n) is 11.4. The maximum Gasteiger partial charge on any atom is 0.352 e. The van der Waals surface area contributed by atoms with Gasteiger partial charge < -0.3 is 19.3 Å². The molecule has 2 aliphatic rings. The molecule has 1 amide bonds. The molecule has 1 aliphatic heterocycles. The molecule has 0 radical (unpaired) electrons. The number of carbonyl (C=O) groups excluding carboxylic acids is 1. The first-order valence-corrected chi connectivity index (χ1v) is 11.9. The fourth-order valence-electron chi connectivity index (χ4n) is 6.21. The number of aromatic nitrogens is 1. The minimum atomic E-state index is -3.91. The molecule has 8 heteroatoms. The third kappa shape index (κ3) is 4.83. The van der Waals surface area contributed by atoms with Gasteiger partial charge in [-0.1, -0.05) is 51.1 Å². The third-order valence-electron chi connectivity index (χ3n) is 6.91. The molecule has 1 atom stereocenters. The van der Waals surface area contributed by atoms with Gasteiger partial charge in [-0.15, -0.1) is 0 Å². The number of hydrogen-bond donors (Lipinski definition) is 1. The van der Waals surface area contributed by atoms with Gasteiger partial charge in [-0.05, 0) is 55.1 Å². The van der Waals surface area contributed by atoms with Crippen LogP contribution in [0.25, 0.3) is 0 Å². The highest BCUT2D eigenvalue weighted by Crippen LogP contribution is 2.55. The minimum Gasteiger partial charge on any atom is -0.486 e. The summed E-state index contributed by atoms with van der Waals surface area (Å²) in [6.45, 7) is 7.79. The average Bonchev–Trinajstić information content (AvgIpc) is 3.39. The van der Waals surface area contributed by atoms with Crippen LogP contribution in [-0.2, 0) is 11.4 Å². The van der Waals surface area contributed by atoms with Crippen molar-refractivity contribution in [3.63, 3.8) is 0 Å². The fourth-order valence-corrected chi connectivity index (χ4v) is 6.21. The molecule has 0 bridgehead atoms. The molecule has 2 aromatic rings. The fraction of sp³-hybridized carbons (Fsp3) is 0.615. The van der Waals surface area contributed by atoms with Gasteiger partial charge >= 0.3 is 5.92 Å². The molecule has 2 heterocycles. The van der Waals surface area contributed by atoms with Crippen molar-refractivity contribution in [1.29, 1.82) is 0 Å². The zero-order chi connectivity index (χ0) is 24.8. The van der Waals surface area contributed by atoms with Crippen LogP contribution in [0.2, 0.25) is 0 Å². The summed E-state index contributed by atoms with van der Waals surface area (Å²) < 4.78 is 42.5. The number of amides is 1. The van der Waals surface area contributed by atoms with Crippen LogP contribution in [0.5, 0.6) is 5.75 Å². The van der Waals surface area contributed by atoms with Crippen LogP contribution in [-0.4, -0.2) is 39.1 Å². The summed E-state index contributed by atoms with van der Waals surface area (Å²) in [6, 6.07) is 10.2. The molecule has 4 rings (SSSR count). The Hall–Kier alpha value is -2.48. The maximum absolute atomic E-state index is 15.7. The number of alkyl halides is 2. The van der Waals surface area contributed by atoms with E-state index in [4.69, 9.17) is 9.26 Å². The van der Waals surface area contributed by atoms with Crippen LogP contribution in [0.1, 0.15) is 77.3 Å². The van der Waals surface area contributed by atoms with E-state index < -0.39 is 34.3 Å². The second-order valence-corrected chi connectivity index (χ2v) is 11.4. The number of nitrogens with zero attached hydrogens (tertiary/aromatic N) is 2. The van der Waals surface area contributed by atoms with Crippen molar-refractivity contribution >= 4 is 5.91 Å². The molecule has 1 saturated carbocycles. The van der Waals surface area contributed by atoms with Gasteiger partial charge in [0.1, 0.15) is 23.7 Å². The first-order chi connectivity index (χ1) is 15.8. The lowest BCUT2D eigenvalue weighted by atomic mass is 9.58. The minimum absolute atomic E-state index is 0.133. The summed E-state index contributed by atoms with van der Waals surface area (Å²) in [5.74, 6) is -4.13. The highest BCUT2D eigenvalue weighted by molar-refractivity contribution is 5.85. The number of ether oxygens (including phenoxy) is 1. The Balaban J connectivity index is 1.50. The summed E-state index contributed by atoms with van der Waals surface area (Å²) >= 11 is 0. The van der Waals surface area contributed by atoms with Crippen molar-refractivity contribution in [3.8, 4) is 5.75 Å². The van der Waals surface area contributed by atoms with E-state index in [0.29, 0.717) is 36.5 Å². The van der Waals surface area contributed by atoms with Crippen molar-refractivity contribution in [3.05, 3.63) is 47.9 Å². The Morgan fingerprint density at radius 3 is 2.47 bits per heavy atom. The molecule has 1 N–H and O–H groups in total. The summed E-state index contributed by atoms with van der Waals surface area (Å²) in [5, 5.41) is 15.2. The van der Waals surface area contributed by atoms with Gasteiger partial charge in [-0.2, -0.15) is 8.78 Å². The first-order valence-electron chi connectivity index (χ1n) is 11.9. The molecule has 1 aromatic carbocycles. The Morgan fingerprint density at radius 1 is 1.18 bits per heavy atom. The summed E-state index contributed by atoms with van der Waals surface area (Å²) in [4.78, 5) is 14.4. The molecule has 34 heavy (non-hydrogen) atoms. The highest BCUT2D eigenvalue weighted by Gasteiger charge is 2.65. The lowest BCUT2D eigenvalue weighted by molar-refractivity contribution is -0.231. The molecule has 6 nitrogen and oxygen atoms in total. The number of hydrogen-bond acceptors (Lipinski definition) is 5. The zero-order valence-electron chi connectivity index (χ0n) is 20.3. The van der Waals surface area contributed by atoms with Crippen molar-refractivity contribution < 1.29 is 27.9 Å². The summed E-state index contributed by atoms with van der Waals surface area (Å²) in [6.07, 6.45) is 1.51. The molecule has 2 fully saturated rings. The Morgan fingerprint density at radius 2 is 1.82 bits per heavy atom. The van der Waals surface area contributed by atoms with Gasteiger partial charge in [0.05, 0.1) is 6.04 Å². The third-order valence-corrected chi connectivity index (χ3v) is 6.91. The predicted octanol–water partition coefficient (Wildman–Crippen LogP) is 5.52. The van der Waals surface area contributed by atoms with Crippen LogP contribution >= 0.6 is 0 Å². The first kappa shape index (κ1) is 24.6. The molecular formula is C26H34F2N2O4. The number of para-hydroxylation sites is 1. The van der Waals surface area contributed by atoms with Crippen LogP contribution in [0.4, 0.5) is 8.78 Å². The average molecular weight is 477 g/mol. The van der Waals surface area contributed by atoms with Gasteiger partial charge in [-0.25, -0.2) is 0 Å². The molecule has 1 saturated heterocycles. The number of likely N-dealkylation sites (tertiary alicyclic amines) is 1. The molecule has 1 aromatic heterocycles. The Kier molecular flexibility index (Phi) is 6.25. The van der Waals surface area contributed by atoms with Crippen molar-refractivity contribution in [1.82, 2.24) is 10.1 Å². The largest absolute Gasteiger partial charge is 0.486 e. The molecule has 0 unspecified atom stereocenters. The van der Waals surface area contributed by atoms with Gasteiger partial charge in [0, 0.05) is 12.6 Å². The molecule has 1 aliphatic carbocycles. The SMILES string of the molecule is CC1(C)CC(C)(C)CC(O)(C(F)(F)C(=O)N2CCC[C@H]2c2cc(COc3ccccc3)on2)C1. The van der Waals surface area contributed by atoms with E-state index in [1.54, 1.807) is 6.07 Å². The number of rotatable bonds is 6. The quantitative estimate of drug-likeness (QED) is 0.594. The van der Waals surface area contributed by atoms with Gasteiger partial charge in [0.15, 0.2) is 5.76 Å². The molecule has 0 spiro atoms. The van der Waals surface area contributed by atoms with E-state index in [1.807, 2.05) is 58.0 Å². The summed E-state index contributed by atoms with van der Waals surface area (Å²) in [5.41, 5.74) is -3.00. The number of carbonyl (C=O) groups is 1. The van der Waals surface area contributed by atoms with Crippen molar-refractivity contribution in [2.24, 2.45) is 10.8 Å². The lowest BCUT2D eigenvalue weighted by Crippen LogP contribution is -2.62. The highest BCUT2D eigenvalue weighted by atomic mass is 19.3. The van der Waals surface area contributed by atoms with E-state index in [2.05, 4.69) is 5.16 Å². The van der Waals surface area contributed by atoms with E-state index in [-0.39, 0.29) is 26.0 Å². The lowest BCUT2D eigenvalue weighted by Gasteiger charge is -2.51. The topological polar surface area (TPSA) is 75.8 Å². The standard InChI is InChI=1S/C26H34F2N2O4/c1-23(2)15-24(3,4)17-25(32,16-23)26(27,28)22(31)30-12-8-11-21(30)20-13-19(34-29-20)14-33-18-9-6-5-7-10-18/h5-7,9-10,13,21,32H,8,11-12,14-17H2,1-4H3/t21-/m0/s1. The van der Waals surface area contributed by atoms with E-state index in [1.165, 1.54) is 0 Å². The van der Waals surface area contributed by atoms with E-state index in [0.717, 1.165) is 4.90 Å². The van der Waals surface area contributed by atoms with Crippen LogP contribution in [0.15, 0.2) is 40.9 Å². The number of aliphatic hydroxyl groups is 1. The summed E-state index contributed by atoms with van der Waals surface area (Å²) in [7, 11) is 0. The predicted molar refractivity (Wildman–Crippen MR) is 122 cm³/mol. The van der Waals surface area contributed by atoms with E-state index in [9.17, 15) is 9.90 Å². The molecular weight excluding hydrogens is 442 g/mol. The van der Waals surface area contributed by atoms with Crippen LogP contribution in [0.3, 0.4) is 0 Å². The van der Waals surface area contributed by atoms with Crippen molar-refractivity contribution in [2.45, 2.75) is 84.0 Å². The van der Waals surface area contributed by atoms with Crippen LogP contribution in [0, 0.1) is 10.8 Å². The van der Waals surface area contributed by atoms with Crippen molar-refractivity contribution in [2.75, 3.05) is 6.54 Å². The number of halogens is 2. The smallest absolute Gasteiger partial charge is 0.352 e. The van der Waals surface area contributed by atoms with Gasteiger partial charge in [0.25, 0.3) is 5.91 Å². The van der Waals surface area contributed by atoms with Gasteiger partial charge in [-0.3, -0.25) is 4.79 Å². The van der Waals surface area contributed by atoms with Gasteiger partial charge in [0.2, 0.25) is 0 Å². The zero-order valence-corrected chi connectivity index (χ0v) is 20.3. The second kappa shape index (κ2) is 8.63. The normalized spacial score (nSPS) is 23.6.